The molecule has 8 unspecified atom stereocenters. The minimum absolute atomic E-state index is 0.0377. The lowest BCUT2D eigenvalue weighted by Gasteiger charge is -2.53. The normalized spacial score (nSPS) is 39.0. The monoisotopic (exact) mass is 490 g/mol. The van der Waals surface area contributed by atoms with Gasteiger partial charge < -0.3 is 29.9 Å². The number of benzene rings is 1. The van der Waals surface area contributed by atoms with E-state index in [1.54, 1.807) is 6.92 Å². The van der Waals surface area contributed by atoms with E-state index >= 15 is 0 Å². The Morgan fingerprint density at radius 1 is 1.09 bits per heavy atom. The van der Waals surface area contributed by atoms with E-state index < -0.39 is 53.5 Å². The zero-order valence-corrected chi connectivity index (χ0v) is 20.4. The number of carboxylic acid groups (broad SMARTS) is 1. The van der Waals surface area contributed by atoms with Gasteiger partial charge in [-0.1, -0.05) is 39.3 Å². The Hall–Kier alpha value is -2.33. The summed E-state index contributed by atoms with van der Waals surface area (Å²) in [6.07, 6.45) is -7.13. The molecule has 1 aliphatic heterocycles. The summed E-state index contributed by atoms with van der Waals surface area (Å²) in [5.41, 5.74) is 1.12. The largest absolute Gasteiger partial charge is 0.479 e. The highest BCUT2D eigenvalue weighted by molar-refractivity contribution is 6.00. The molecule has 3 aliphatic rings. The molecule has 2 fully saturated rings. The topological polar surface area (TPSA) is 151 Å². The first-order valence-electron chi connectivity index (χ1n) is 12.1. The molecule has 9 nitrogen and oxygen atoms in total. The van der Waals surface area contributed by atoms with Crippen LogP contribution in [-0.2, 0) is 24.5 Å². The van der Waals surface area contributed by atoms with Gasteiger partial charge in [0.05, 0.1) is 5.41 Å². The highest BCUT2D eigenvalue weighted by atomic mass is 16.7. The fourth-order valence-electron chi connectivity index (χ4n) is 6.23. The van der Waals surface area contributed by atoms with Crippen molar-refractivity contribution in [2.24, 2.45) is 11.3 Å². The zero-order chi connectivity index (χ0) is 25.9. The average Bonchev–Trinajstić information content (AvgIpc) is 2.80. The van der Waals surface area contributed by atoms with Crippen molar-refractivity contribution in [1.29, 1.82) is 0 Å². The third-order valence-electron chi connectivity index (χ3n) is 8.45. The highest BCUT2D eigenvalue weighted by Crippen LogP contribution is 2.58. The number of hydrogen-bond donors (Lipinski definition) is 4. The maximum Gasteiger partial charge on any atom is 0.335 e. The molecule has 4 rings (SSSR count). The zero-order valence-electron chi connectivity index (χ0n) is 20.4. The summed E-state index contributed by atoms with van der Waals surface area (Å²) in [4.78, 5) is 38.2. The lowest BCUT2D eigenvalue weighted by atomic mass is 9.49. The van der Waals surface area contributed by atoms with Gasteiger partial charge in [0.2, 0.25) is 6.29 Å². The number of ether oxygens (including phenoxy) is 2. The van der Waals surface area contributed by atoms with Gasteiger partial charge in [-0.25, -0.2) is 4.79 Å². The molecule has 0 aromatic heterocycles. The van der Waals surface area contributed by atoms with Crippen LogP contribution in [0, 0.1) is 11.3 Å². The van der Waals surface area contributed by atoms with E-state index in [0.717, 1.165) is 17.5 Å². The van der Waals surface area contributed by atoms with Crippen LogP contribution in [0.4, 0.5) is 0 Å². The van der Waals surface area contributed by atoms with E-state index in [1.165, 1.54) is 0 Å². The molecule has 2 aliphatic carbocycles. The molecule has 1 saturated carbocycles. The third-order valence-corrected chi connectivity index (χ3v) is 8.45. The smallest absolute Gasteiger partial charge is 0.335 e. The fourth-order valence-corrected chi connectivity index (χ4v) is 6.23. The molecule has 1 saturated heterocycles. The summed E-state index contributed by atoms with van der Waals surface area (Å²) in [5.74, 6) is -2.44. The van der Waals surface area contributed by atoms with E-state index in [2.05, 4.69) is 20.8 Å². The maximum atomic E-state index is 13.5. The minimum Gasteiger partial charge on any atom is -0.479 e. The van der Waals surface area contributed by atoms with Crippen LogP contribution >= 0.6 is 0 Å². The number of esters is 1. The van der Waals surface area contributed by atoms with Gasteiger partial charge in [0.25, 0.3) is 0 Å². The summed E-state index contributed by atoms with van der Waals surface area (Å²) in [6.45, 7) is 7.93. The molecule has 1 heterocycles. The Kier molecular flexibility index (Phi) is 6.59. The summed E-state index contributed by atoms with van der Waals surface area (Å²) in [5, 5.41) is 39.6. The van der Waals surface area contributed by atoms with E-state index in [1.807, 2.05) is 18.2 Å². The second-order valence-corrected chi connectivity index (χ2v) is 11.0. The van der Waals surface area contributed by atoms with E-state index in [9.17, 15) is 34.8 Å². The molecule has 0 amide bonds. The molecule has 0 radical (unpaired) electrons. The SMILES string of the molecule is CC(C)c1ccc2c(c1)C(=O)CC1C(C)(C(=O)OC3OC(C(=O)O)C(O)C(O)C3O)CCCC21C. The molecule has 4 N–H and O–H groups in total. The predicted molar refractivity (Wildman–Crippen MR) is 123 cm³/mol. The molecular formula is C26H34O9. The van der Waals surface area contributed by atoms with E-state index in [4.69, 9.17) is 9.47 Å². The van der Waals surface area contributed by atoms with Crippen LogP contribution in [-0.4, -0.2) is 68.9 Å². The molecule has 1 aromatic rings. The van der Waals surface area contributed by atoms with Crippen molar-refractivity contribution in [1.82, 2.24) is 0 Å². The van der Waals surface area contributed by atoms with Crippen molar-refractivity contribution < 1.29 is 44.3 Å². The van der Waals surface area contributed by atoms with Crippen LogP contribution in [0.15, 0.2) is 18.2 Å². The van der Waals surface area contributed by atoms with Gasteiger partial charge in [-0.05, 0) is 54.2 Å². The Morgan fingerprint density at radius 3 is 2.40 bits per heavy atom. The first-order valence-corrected chi connectivity index (χ1v) is 12.1. The van der Waals surface area contributed by atoms with Crippen LogP contribution < -0.4 is 0 Å². The lowest BCUT2D eigenvalue weighted by Crippen LogP contribution is -2.61. The minimum atomic E-state index is -1.88. The van der Waals surface area contributed by atoms with Crippen molar-refractivity contribution in [3.05, 3.63) is 34.9 Å². The number of carbonyl (C=O) groups excluding carboxylic acids is 2. The number of carbonyl (C=O) groups is 3. The molecule has 0 spiro atoms. The number of aliphatic hydroxyl groups is 3. The Morgan fingerprint density at radius 2 is 1.77 bits per heavy atom. The third kappa shape index (κ3) is 4.08. The van der Waals surface area contributed by atoms with Gasteiger partial charge >= 0.3 is 11.9 Å². The van der Waals surface area contributed by atoms with Crippen LogP contribution in [0.5, 0.6) is 0 Å². The summed E-state index contributed by atoms with van der Waals surface area (Å²) in [6, 6.07) is 5.98. The van der Waals surface area contributed by atoms with Gasteiger partial charge in [-0.2, -0.15) is 0 Å². The Bertz CT molecular complexity index is 1040. The summed E-state index contributed by atoms with van der Waals surface area (Å²) in [7, 11) is 0. The number of carboxylic acids is 1. The molecule has 35 heavy (non-hydrogen) atoms. The molecular weight excluding hydrogens is 456 g/mol. The number of aliphatic carboxylic acids is 1. The summed E-state index contributed by atoms with van der Waals surface area (Å²) < 4.78 is 10.6. The first kappa shape index (κ1) is 25.8. The van der Waals surface area contributed by atoms with Crippen molar-refractivity contribution in [3.63, 3.8) is 0 Å². The van der Waals surface area contributed by atoms with Crippen LogP contribution in [0.25, 0.3) is 0 Å². The van der Waals surface area contributed by atoms with Gasteiger partial charge in [0.1, 0.15) is 18.3 Å². The van der Waals surface area contributed by atoms with Crippen molar-refractivity contribution >= 4 is 17.7 Å². The van der Waals surface area contributed by atoms with Gasteiger partial charge in [0.15, 0.2) is 11.9 Å². The van der Waals surface area contributed by atoms with E-state index in [0.29, 0.717) is 18.4 Å². The van der Waals surface area contributed by atoms with Crippen molar-refractivity contribution in [2.75, 3.05) is 0 Å². The first-order chi connectivity index (χ1) is 16.3. The predicted octanol–water partition coefficient (Wildman–Crippen LogP) is 1.90. The second-order valence-electron chi connectivity index (χ2n) is 11.0. The average molecular weight is 491 g/mol. The summed E-state index contributed by atoms with van der Waals surface area (Å²) >= 11 is 0. The number of hydrogen-bond acceptors (Lipinski definition) is 8. The maximum absolute atomic E-state index is 13.5. The molecule has 0 bridgehead atoms. The van der Waals surface area contributed by atoms with Crippen LogP contribution in [0.2, 0.25) is 0 Å². The van der Waals surface area contributed by atoms with Crippen LogP contribution in [0.3, 0.4) is 0 Å². The number of ketones is 1. The number of fused-ring (bicyclic) bond motifs is 3. The van der Waals surface area contributed by atoms with Gasteiger partial charge in [0, 0.05) is 12.0 Å². The van der Waals surface area contributed by atoms with Gasteiger partial charge in [-0.3, -0.25) is 9.59 Å². The van der Waals surface area contributed by atoms with Crippen LogP contribution in [0.1, 0.15) is 80.8 Å². The van der Waals surface area contributed by atoms with Crippen molar-refractivity contribution in [3.8, 4) is 0 Å². The number of Topliss-reactive ketones (excluding diaryl/α,β-unsaturated/α-hetero) is 1. The molecule has 9 heteroatoms. The molecule has 1 aromatic carbocycles. The Labute approximate surface area is 204 Å². The second kappa shape index (κ2) is 8.96. The number of rotatable bonds is 4. The molecule has 8 atom stereocenters. The highest BCUT2D eigenvalue weighted by Gasteiger charge is 2.58. The fraction of sp³-hybridized carbons (Fsp3) is 0.654. The van der Waals surface area contributed by atoms with Crippen molar-refractivity contribution in [2.45, 2.75) is 95.4 Å². The quantitative estimate of drug-likeness (QED) is 0.464. The number of aliphatic hydroxyl groups excluding tert-OH is 3. The molecule has 192 valence electrons. The van der Waals surface area contributed by atoms with Gasteiger partial charge in [-0.15, -0.1) is 0 Å². The lowest BCUT2D eigenvalue weighted by molar-refractivity contribution is -0.290. The Balaban J connectivity index is 1.64. The standard InChI is InChI=1S/C26H34O9/c1-12(2)13-6-7-15-14(10-13)16(27)11-17-25(15,3)8-5-9-26(17,4)24(33)35-23-20(30)18(28)19(29)21(34-23)22(31)32/h6-7,10,12,17-21,23,28-30H,5,8-9,11H2,1-4H3,(H,31,32). The van der Waals surface area contributed by atoms with E-state index in [-0.39, 0.29) is 24.0 Å².